The number of nitriles is 1. The molecule has 1 rings (SSSR count). The minimum absolute atomic E-state index is 0.0642. The van der Waals surface area contributed by atoms with Crippen molar-refractivity contribution in [1.29, 1.82) is 5.26 Å². The summed E-state index contributed by atoms with van der Waals surface area (Å²) in [6.07, 6.45) is -0.821. The lowest BCUT2D eigenvalue weighted by Gasteiger charge is -2.09. The van der Waals surface area contributed by atoms with Gasteiger partial charge >= 0.3 is 0 Å². The highest BCUT2D eigenvalue weighted by Crippen LogP contribution is 2.16. The van der Waals surface area contributed by atoms with Crippen molar-refractivity contribution in [3.63, 3.8) is 0 Å². The van der Waals surface area contributed by atoms with Crippen LogP contribution in [0.25, 0.3) is 0 Å². The monoisotopic (exact) mass is 195 g/mol. The van der Waals surface area contributed by atoms with Gasteiger partial charge in [-0.2, -0.15) is 5.26 Å². The van der Waals surface area contributed by atoms with Gasteiger partial charge < -0.3 is 9.84 Å². The first-order valence-corrected chi connectivity index (χ1v) is 4.15. The lowest BCUT2D eigenvalue weighted by atomic mass is 10.1. The van der Waals surface area contributed by atoms with E-state index in [1.54, 1.807) is 6.07 Å². The Hall–Kier alpha value is -1.44. The predicted molar refractivity (Wildman–Crippen MR) is 47.8 cm³/mol. The Bertz CT molecular complexity index is 335. The SMILES string of the molecule is N#CC(OCCO)c1cccc(F)c1. The number of halogens is 1. The van der Waals surface area contributed by atoms with Crippen molar-refractivity contribution in [1.82, 2.24) is 0 Å². The highest BCUT2D eigenvalue weighted by atomic mass is 19.1. The van der Waals surface area contributed by atoms with Crippen LogP contribution in [0.5, 0.6) is 0 Å². The minimum atomic E-state index is -0.821. The average molecular weight is 195 g/mol. The Kier molecular flexibility index (Phi) is 4.05. The van der Waals surface area contributed by atoms with Crippen molar-refractivity contribution in [3.05, 3.63) is 35.6 Å². The van der Waals surface area contributed by atoms with Crippen LogP contribution in [0, 0.1) is 17.1 Å². The molecule has 0 aliphatic carbocycles. The lowest BCUT2D eigenvalue weighted by Crippen LogP contribution is -2.06. The van der Waals surface area contributed by atoms with Crippen LogP contribution in [0.2, 0.25) is 0 Å². The molecular formula is C10H10FNO2. The molecular weight excluding hydrogens is 185 g/mol. The maximum atomic E-state index is 12.8. The van der Waals surface area contributed by atoms with Crippen LogP contribution < -0.4 is 0 Å². The van der Waals surface area contributed by atoms with E-state index in [1.807, 2.05) is 6.07 Å². The lowest BCUT2D eigenvalue weighted by molar-refractivity contribution is 0.0580. The third kappa shape index (κ3) is 2.80. The molecule has 0 heterocycles. The number of benzene rings is 1. The Balaban J connectivity index is 2.75. The van der Waals surface area contributed by atoms with Gasteiger partial charge in [0, 0.05) is 0 Å². The molecule has 0 saturated carbocycles. The molecule has 3 nitrogen and oxygen atoms in total. The summed E-state index contributed by atoms with van der Waals surface area (Å²) < 4.78 is 17.8. The van der Waals surface area contributed by atoms with E-state index in [9.17, 15) is 4.39 Å². The topological polar surface area (TPSA) is 53.2 Å². The second kappa shape index (κ2) is 5.32. The van der Waals surface area contributed by atoms with Crippen LogP contribution in [-0.4, -0.2) is 18.3 Å². The first-order valence-electron chi connectivity index (χ1n) is 4.15. The van der Waals surface area contributed by atoms with Gasteiger partial charge in [0.05, 0.1) is 19.3 Å². The Morgan fingerprint density at radius 2 is 2.36 bits per heavy atom. The van der Waals surface area contributed by atoms with Crippen LogP contribution >= 0.6 is 0 Å². The maximum Gasteiger partial charge on any atom is 0.169 e. The number of aliphatic hydroxyl groups is 1. The van der Waals surface area contributed by atoms with E-state index in [0.717, 1.165) is 0 Å². The zero-order chi connectivity index (χ0) is 10.4. The quantitative estimate of drug-likeness (QED) is 0.790. The van der Waals surface area contributed by atoms with Crippen LogP contribution in [0.1, 0.15) is 11.7 Å². The van der Waals surface area contributed by atoms with Crippen LogP contribution in [0.15, 0.2) is 24.3 Å². The molecule has 0 amide bonds. The van der Waals surface area contributed by atoms with E-state index in [0.29, 0.717) is 5.56 Å². The Labute approximate surface area is 81.4 Å². The molecule has 0 fully saturated rings. The summed E-state index contributed by atoms with van der Waals surface area (Å²) in [6.45, 7) is -0.0950. The highest BCUT2D eigenvalue weighted by molar-refractivity contribution is 5.23. The summed E-state index contributed by atoms with van der Waals surface area (Å²) in [4.78, 5) is 0. The molecule has 0 spiro atoms. The molecule has 0 aliphatic heterocycles. The van der Waals surface area contributed by atoms with Gasteiger partial charge in [0.2, 0.25) is 0 Å². The molecule has 0 aliphatic rings. The average Bonchev–Trinajstić information content (AvgIpc) is 2.19. The van der Waals surface area contributed by atoms with Gasteiger partial charge in [-0.25, -0.2) is 4.39 Å². The van der Waals surface area contributed by atoms with Crippen LogP contribution in [0.3, 0.4) is 0 Å². The number of hydrogen-bond acceptors (Lipinski definition) is 3. The molecule has 4 heteroatoms. The first kappa shape index (κ1) is 10.6. The summed E-state index contributed by atoms with van der Waals surface area (Å²) in [7, 11) is 0. The summed E-state index contributed by atoms with van der Waals surface area (Å²) in [5.74, 6) is -0.407. The van der Waals surface area contributed by atoms with Gasteiger partial charge in [-0.1, -0.05) is 12.1 Å². The van der Waals surface area contributed by atoms with E-state index in [2.05, 4.69) is 0 Å². The van der Waals surface area contributed by atoms with Gasteiger partial charge in [0.15, 0.2) is 6.10 Å². The molecule has 1 aromatic carbocycles. The van der Waals surface area contributed by atoms with Crippen LogP contribution in [-0.2, 0) is 4.74 Å². The second-order valence-electron chi connectivity index (χ2n) is 2.66. The molecule has 1 atom stereocenters. The standard InChI is InChI=1S/C10H10FNO2/c11-9-3-1-2-8(6-9)10(7-12)14-5-4-13/h1-3,6,10,13H,4-5H2. The van der Waals surface area contributed by atoms with Gasteiger partial charge in [-0.15, -0.1) is 0 Å². The summed E-state index contributed by atoms with van der Waals surface area (Å²) in [6, 6.07) is 7.53. The zero-order valence-corrected chi connectivity index (χ0v) is 7.48. The normalized spacial score (nSPS) is 12.1. The number of rotatable bonds is 4. The maximum absolute atomic E-state index is 12.8. The van der Waals surface area contributed by atoms with E-state index >= 15 is 0 Å². The summed E-state index contributed by atoms with van der Waals surface area (Å²) in [5.41, 5.74) is 0.459. The molecule has 74 valence electrons. The largest absolute Gasteiger partial charge is 0.394 e. The molecule has 1 unspecified atom stereocenters. The molecule has 1 aromatic rings. The third-order valence-corrected chi connectivity index (χ3v) is 1.64. The molecule has 0 aromatic heterocycles. The number of hydrogen-bond donors (Lipinski definition) is 1. The molecule has 0 saturated heterocycles. The van der Waals surface area contributed by atoms with E-state index in [4.69, 9.17) is 15.1 Å². The van der Waals surface area contributed by atoms with Crippen LogP contribution in [0.4, 0.5) is 4.39 Å². The van der Waals surface area contributed by atoms with Crippen molar-refractivity contribution in [3.8, 4) is 6.07 Å². The van der Waals surface area contributed by atoms with E-state index in [-0.39, 0.29) is 13.2 Å². The number of nitrogens with zero attached hydrogens (tertiary/aromatic N) is 1. The van der Waals surface area contributed by atoms with E-state index in [1.165, 1.54) is 18.2 Å². The fraction of sp³-hybridized carbons (Fsp3) is 0.300. The molecule has 0 radical (unpaired) electrons. The predicted octanol–water partition coefficient (Wildman–Crippen LogP) is 1.40. The van der Waals surface area contributed by atoms with Crippen molar-refractivity contribution in [2.24, 2.45) is 0 Å². The smallest absolute Gasteiger partial charge is 0.169 e. The van der Waals surface area contributed by atoms with Gasteiger partial charge in [0.25, 0.3) is 0 Å². The van der Waals surface area contributed by atoms with Crippen molar-refractivity contribution in [2.45, 2.75) is 6.10 Å². The Morgan fingerprint density at radius 3 is 2.93 bits per heavy atom. The minimum Gasteiger partial charge on any atom is -0.394 e. The van der Waals surface area contributed by atoms with Gasteiger partial charge in [-0.05, 0) is 17.7 Å². The van der Waals surface area contributed by atoms with Crippen molar-refractivity contribution < 1.29 is 14.2 Å². The van der Waals surface area contributed by atoms with E-state index < -0.39 is 11.9 Å². The molecule has 0 bridgehead atoms. The summed E-state index contributed by atoms with van der Waals surface area (Å²) in [5, 5.41) is 17.2. The number of aliphatic hydroxyl groups excluding tert-OH is 1. The third-order valence-electron chi connectivity index (χ3n) is 1.64. The van der Waals surface area contributed by atoms with Crippen molar-refractivity contribution in [2.75, 3.05) is 13.2 Å². The van der Waals surface area contributed by atoms with Crippen molar-refractivity contribution >= 4 is 0 Å². The molecule has 14 heavy (non-hydrogen) atoms. The first-order chi connectivity index (χ1) is 6.77. The summed E-state index contributed by atoms with van der Waals surface area (Å²) >= 11 is 0. The zero-order valence-electron chi connectivity index (χ0n) is 7.48. The molecule has 1 N–H and O–H groups in total. The fourth-order valence-electron chi connectivity index (χ4n) is 1.05. The fourth-order valence-corrected chi connectivity index (χ4v) is 1.05. The second-order valence-corrected chi connectivity index (χ2v) is 2.66. The Morgan fingerprint density at radius 1 is 1.57 bits per heavy atom. The van der Waals surface area contributed by atoms with Gasteiger partial charge in [-0.3, -0.25) is 0 Å². The van der Waals surface area contributed by atoms with Gasteiger partial charge in [0.1, 0.15) is 5.82 Å². The number of ether oxygens (including phenoxy) is 1. The highest BCUT2D eigenvalue weighted by Gasteiger charge is 2.10.